The number of hydrogen-bond acceptors (Lipinski definition) is 4. The Bertz CT molecular complexity index is 827. The quantitative estimate of drug-likeness (QED) is 0.527. The monoisotopic (exact) mass is 437 g/mol. The first-order chi connectivity index (χ1) is 11.1. The van der Waals surface area contributed by atoms with Gasteiger partial charge < -0.3 is 4.74 Å². The summed E-state index contributed by atoms with van der Waals surface area (Å²) in [5.74, 6) is 1.07. The Morgan fingerprint density at radius 2 is 2.00 bits per heavy atom. The maximum Gasteiger partial charge on any atom is 0.140 e. The highest BCUT2D eigenvalue weighted by Crippen LogP contribution is 2.24. The largest absolute Gasteiger partial charge is 0.497 e. The molecule has 118 valence electrons. The zero-order chi connectivity index (χ0) is 16.2. The minimum Gasteiger partial charge on any atom is -0.497 e. The number of fused-ring (bicyclic) bond motifs is 1. The van der Waals surface area contributed by atoms with Crippen molar-refractivity contribution >= 4 is 49.9 Å². The Labute approximate surface area is 152 Å². The fourth-order valence-corrected chi connectivity index (χ4v) is 4.09. The summed E-state index contributed by atoms with van der Waals surface area (Å²) in [5, 5.41) is 0.904. The molecule has 0 bridgehead atoms. The van der Waals surface area contributed by atoms with Crippen molar-refractivity contribution in [2.45, 2.75) is 19.3 Å². The predicted octanol–water partition coefficient (Wildman–Crippen LogP) is 4.65. The minimum absolute atomic E-state index is 0.231. The summed E-state index contributed by atoms with van der Waals surface area (Å²) in [7, 11) is 1.65. The lowest BCUT2D eigenvalue weighted by atomic mass is 10.1. The predicted molar refractivity (Wildman–Crippen MR) is 102 cm³/mol. The molecule has 0 N–H and O–H groups in total. The van der Waals surface area contributed by atoms with E-state index in [1.807, 2.05) is 36.4 Å². The van der Waals surface area contributed by atoms with Gasteiger partial charge in [0.2, 0.25) is 0 Å². The minimum atomic E-state index is 0.231. The molecule has 0 aliphatic heterocycles. The Kier molecular flexibility index (Phi) is 5.27. The van der Waals surface area contributed by atoms with Gasteiger partial charge in [0.1, 0.15) is 16.5 Å². The highest BCUT2D eigenvalue weighted by atomic mass is 127. The summed E-state index contributed by atoms with van der Waals surface area (Å²) in [4.78, 5) is 16.7. The van der Waals surface area contributed by atoms with Gasteiger partial charge in [0.25, 0.3) is 0 Å². The molecule has 3 nitrogen and oxygen atoms in total. The average molecular weight is 437 g/mol. The Morgan fingerprint density at radius 3 is 2.74 bits per heavy atom. The summed E-state index contributed by atoms with van der Waals surface area (Å²) in [6, 6.07) is 14.0. The fraction of sp³-hybridized carbons (Fsp3) is 0.222. The van der Waals surface area contributed by atoms with E-state index in [1.165, 1.54) is 3.57 Å². The molecule has 3 aromatic rings. The lowest BCUT2D eigenvalue weighted by molar-refractivity contribution is -0.118. The van der Waals surface area contributed by atoms with E-state index in [0.717, 1.165) is 33.0 Å². The van der Waals surface area contributed by atoms with Gasteiger partial charge in [-0.3, -0.25) is 4.79 Å². The molecule has 0 amide bonds. The van der Waals surface area contributed by atoms with E-state index in [-0.39, 0.29) is 5.78 Å². The van der Waals surface area contributed by atoms with Crippen LogP contribution in [0.3, 0.4) is 0 Å². The summed E-state index contributed by atoms with van der Waals surface area (Å²) in [5.41, 5.74) is 2.13. The van der Waals surface area contributed by atoms with E-state index < -0.39 is 0 Å². The van der Waals surface area contributed by atoms with Crippen LogP contribution < -0.4 is 4.74 Å². The second-order valence-electron chi connectivity index (χ2n) is 5.28. The number of halogens is 1. The van der Waals surface area contributed by atoms with Crippen LogP contribution in [0.25, 0.3) is 10.2 Å². The van der Waals surface area contributed by atoms with Gasteiger partial charge in [-0.05, 0) is 64.9 Å². The van der Waals surface area contributed by atoms with Gasteiger partial charge in [0.15, 0.2) is 0 Å². The summed E-state index contributed by atoms with van der Waals surface area (Å²) in [6.07, 6.45) is 1.72. The molecular weight excluding hydrogens is 421 g/mol. The number of rotatable bonds is 6. The summed E-state index contributed by atoms with van der Waals surface area (Å²) >= 11 is 3.90. The number of carbonyl (C=O) groups is 1. The Hall–Kier alpha value is -1.47. The molecule has 0 saturated heterocycles. The molecule has 0 aliphatic rings. The third-order valence-electron chi connectivity index (χ3n) is 3.59. The van der Waals surface area contributed by atoms with Crippen molar-refractivity contribution in [2.24, 2.45) is 0 Å². The Morgan fingerprint density at radius 1 is 1.22 bits per heavy atom. The molecule has 0 spiro atoms. The summed E-state index contributed by atoms with van der Waals surface area (Å²) < 4.78 is 7.48. The maximum absolute atomic E-state index is 12.2. The topological polar surface area (TPSA) is 39.2 Å². The van der Waals surface area contributed by atoms with Gasteiger partial charge in [-0.25, -0.2) is 4.98 Å². The zero-order valence-electron chi connectivity index (χ0n) is 12.7. The molecular formula is C18H16INO2S. The number of carbonyl (C=O) groups excluding carboxylic acids is 1. The molecule has 2 aromatic carbocycles. The third kappa shape index (κ3) is 4.29. The van der Waals surface area contributed by atoms with Crippen molar-refractivity contribution in [1.82, 2.24) is 4.98 Å². The molecule has 3 rings (SSSR count). The van der Waals surface area contributed by atoms with Gasteiger partial charge in [-0.1, -0.05) is 12.1 Å². The molecule has 23 heavy (non-hydrogen) atoms. The van der Waals surface area contributed by atoms with Crippen molar-refractivity contribution < 1.29 is 9.53 Å². The smallest absolute Gasteiger partial charge is 0.140 e. The maximum atomic E-state index is 12.2. The average Bonchev–Trinajstić information content (AvgIpc) is 2.94. The number of aryl methyl sites for hydroxylation is 1. The van der Waals surface area contributed by atoms with Crippen molar-refractivity contribution in [1.29, 1.82) is 0 Å². The number of ketones is 1. The molecule has 0 atom stereocenters. The van der Waals surface area contributed by atoms with Crippen LogP contribution in [-0.4, -0.2) is 17.9 Å². The van der Waals surface area contributed by atoms with Crippen LogP contribution in [0.4, 0.5) is 0 Å². The van der Waals surface area contributed by atoms with E-state index in [1.54, 1.807) is 18.4 Å². The lowest BCUT2D eigenvalue weighted by Crippen LogP contribution is -2.04. The number of nitrogens with zero attached hydrogens (tertiary/aromatic N) is 1. The molecule has 0 unspecified atom stereocenters. The van der Waals surface area contributed by atoms with E-state index in [4.69, 9.17) is 4.74 Å². The van der Waals surface area contributed by atoms with Crippen LogP contribution in [-0.2, 0) is 17.6 Å². The number of methoxy groups -OCH3 is 1. The number of hydrogen-bond donors (Lipinski definition) is 0. The van der Waals surface area contributed by atoms with Crippen molar-refractivity contribution in [3.8, 4) is 5.75 Å². The lowest BCUT2D eigenvalue weighted by Gasteiger charge is -2.03. The number of benzene rings is 2. The first-order valence-electron chi connectivity index (χ1n) is 7.33. The van der Waals surface area contributed by atoms with Crippen LogP contribution in [0.2, 0.25) is 0 Å². The number of Topliss-reactive ketones (excluding diaryl/α,β-unsaturated/α-hetero) is 1. The SMILES string of the molecule is COc1ccc(CCC(=O)Cc2nc3ccc(I)cc3s2)cc1. The van der Waals surface area contributed by atoms with E-state index in [0.29, 0.717) is 12.8 Å². The van der Waals surface area contributed by atoms with Gasteiger partial charge in [0.05, 0.1) is 23.7 Å². The van der Waals surface area contributed by atoms with Crippen LogP contribution in [0.1, 0.15) is 17.0 Å². The highest BCUT2D eigenvalue weighted by molar-refractivity contribution is 14.1. The van der Waals surface area contributed by atoms with Crippen molar-refractivity contribution in [3.63, 3.8) is 0 Å². The molecule has 0 fully saturated rings. The van der Waals surface area contributed by atoms with Crippen LogP contribution in [0, 0.1) is 3.57 Å². The van der Waals surface area contributed by atoms with Crippen LogP contribution in [0.5, 0.6) is 5.75 Å². The molecule has 1 aromatic heterocycles. The number of aromatic nitrogens is 1. The highest BCUT2D eigenvalue weighted by Gasteiger charge is 2.10. The van der Waals surface area contributed by atoms with E-state index >= 15 is 0 Å². The number of ether oxygens (including phenoxy) is 1. The van der Waals surface area contributed by atoms with Crippen molar-refractivity contribution in [3.05, 3.63) is 56.6 Å². The second kappa shape index (κ2) is 7.40. The van der Waals surface area contributed by atoms with Gasteiger partial charge in [0, 0.05) is 9.99 Å². The van der Waals surface area contributed by atoms with Crippen LogP contribution >= 0.6 is 33.9 Å². The first kappa shape index (κ1) is 16.4. The van der Waals surface area contributed by atoms with E-state index in [2.05, 4.69) is 33.6 Å². The van der Waals surface area contributed by atoms with Crippen molar-refractivity contribution in [2.75, 3.05) is 7.11 Å². The number of thiazole rings is 1. The third-order valence-corrected chi connectivity index (χ3v) is 5.28. The molecule has 0 aliphatic carbocycles. The first-order valence-corrected chi connectivity index (χ1v) is 9.23. The molecule has 0 radical (unpaired) electrons. The molecule has 5 heteroatoms. The summed E-state index contributed by atoms with van der Waals surface area (Å²) in [6.45, 7) is 0. The molecule has 0 saturated carbocycles. The van der Waals surface area contributed by atoms with Crippen LogP contribution in [0.15, 0.2) is 42.5 Å². The standard InChI is InChI=1S/C18H16INO2S/c1-22-15-7-3-12(4-8-15)2-6-14(21)11-18-20-16-9-5-13(19)10-17(16)23-18/h3-5,7-10H,2,6,11H2,1H3. The zero-order valence-corrected chi connectivity index (χ0v) is 15.7. The van der Waals surface area contributed by atoms with Gasteiger partial charge in [-0.15, -0.1) is 11.3 Å². The Balaban J connectivity index is 1.59. The van der Waals surface area contributed by atoms with Gasteiger partial charge >= 0.3 is 0 Å². The fourth-order valence-electron chi connectivity index (χ4n) is 2.35. The second-order valence-corrected chi connectivity index (χ2v) is 7.64. The van der Waals surface area contributed by atoms with E-state index in [9.17, 15) is 4.79 Å². The normalized spacial score (nSPS) is 10.9. The van der Waals surface area contributed by atoms with Gasteiger partial charge in [-0.2, -0.15) is 0 Å². The molecule has 1 heterocycles.